The quantitative estimate of drug-likeness (QED) is 0.117. The van der Waals surface area contributed by atoms with Crippen LogP contribution >= 0.6 is 11.8 Å². The minimum absolute atomic E-state index is 0.321. The van der Waals surface area contributed by atoms with E-state index in [1.165, 1.54) is 6.20 Å². The number of nitrogens with zero attached hydrogens (tertiary/aromatic N) is 1. The highest BCUT2D eigenvalue weighted by atomic mass is 32.2. The summed E-state index contributed by atoms with van der Waals surface area (Å²) >= 11 is 1.62. The number of aliphatic hydroxyl groups excluding tert-OH is 1. The summed E-state index contributed by atoms with van der Waals surface area (Å²) < 4.78 is 14.5. The first-order valence-corrected chi connectivity index (χ1v) is 15.2. The highest BCUT2D eigenvalue weighted by Crippen LogP contribution is 2.39. The van der Waals surface area contributed by atoms with Gasteiger partial charge >= 0.3 is 0 Å². The first kappa shape index (κ1) is 29.2. The molecule has 0 aliphatic heterocycles. The Morgan fingerprint density at radius 1 is 0.619 bits per heavy atom. The van der Waals surface area contributed by atoms with Gasteiger partial charge in [-0.15, -0.1) is 0 Å². The number of hydrogen-bond donors (Lipinski definition) is 2. The third-order valence-electron chi connectivity index (χ3n) is 6.85. The number of pyridine rings is 1. The molecule has 0 saturated heterocycles. The van der Waals surface area contributed by atoms with Crippen LogP contribution in [-0.2, 0) is 0 Å². The molecule has 1 unspecified atom stereocenters. The standard InChI is InChI=1S/C36H36NO4S/c1-26(2)42-25-32(38)31-23-33(40-35(27-15-7-3-8-16-27)28-17-9-4-10-18-28)34(24-37(31)39)41-36(29-19-11-5-12-20-29)30-21-13-6-14-22-30/h3-24,26,32,35-36,38-39H,25H2,1-2H3/q+1. The van der Waals surface area contributed by atoms with Crippen molar-refractivity contribution in [2.45, 2.75) is 37.4 Å². The number of benzene rings is 4. The van der Waals surface area contributed by atoms with E-state index in [1.54, 1.807) is 17.8 Å². The first-order chi connectivity index (χ1) is 20.5. The summed E-state index contributed by atoms with van der Waals surface area (Å²) in [5, 5.41) is 22.5. The average molecular weight is 579 g/mol. The molecule has 1 aromatic heterocycles. The number of thioether (sulfide) groups is 1. The smallest absolute Gasteiger partial charge is 0.268 e. The molecule has 1 heterocycles. The highest BCUT2D eigenvalue weighted by Gasteiger charge is 2.30. The van der Waals surface area contributed by atoms with E-state index in [4.69, 9.17) is 9.47 Å². The van der Waals surface area contributed by atoms with Gasteiger partial charge in [-0.05, 0) is 27.5 Å². The minimum Gasteiger partial charge on any atom is -0.477 e. The Morgan fingerprint density at radius 3 is 1.38 bits per heavy atom. The van der Waals surface area contributed by atoms with Crippen LogP contribution in [0.25, 0.3) is 0 Å². The Balaban J connectivity index is 1.61. The normalized spacial score (nSPS) is 12.0. The summed E-state index contributed by atoms with van der Waals surface area (Å²) in [7, 11) is 0. The van der Waals surface area contributed by atoms with Crippen molar-refractivity contribution in [3.05, 3.63) is 162 Å². The molecular formula is C36H36NO4S+. The molecule has 0 saturated carbocycles. The van der Waals surface area contributed by atoms with Crippen molar-refractivity contribution in [3.8, 4) is 11.5 Å². The molecule has 0 bridgehead atoms. The van der Waals surface area contributed by atoms with Crippen molar-refractivity contribution in [2.24, 2.45) is 0 Å². The van der Waals surface area contributed by atoms with Crippen LogP contribution in [-0.4, -0.2) is 21.3 Å². The molecule has 1 atom stereocenters. The van der Waals surface area contributed by atoms with Crippen LogP contribution in [0.15, 0.2) is 134 Å². The number of hydrogen-bond acceptors (Lipinski definition) is 5. The molecular weight excluding hydrogens is 542 g/mol. The SMILES string of the molecule is CC(C)SCC(O)c1cc(OC(c2ccccc2)c2ccccc2)c(OC(c2ccccc2)c2ccccc2)c[n+]1O. The van der Waals surface area contributed by atoms with E-state index in [-0.39, 0.29) is 0 Å². The molecule has 0 amide bonds. The van der Waals surface area contributed by atoms with Gasteiger partial charge in [0.15, 0.2) is 11.9 Å². The maximum Gasteiger partial charge on any atom is 0.268 e. The van der Waals surface area contributed by atoms with E-state index in [0.717, 1.165) is 27.0 Å². The predicted octanol–water partition coefficient (Wildman–Crippen LogP) is 7.72. The van der Waals surface area contributed by atoms with Crippen LogP contribution in [0.4, 0.5) is 0 Å². The summed E-state index contributed by atoms with van der Waals surface area (Å²) in [6.07, 6.45) is -0.343. The zero-order valence-corrected chi connectivity index (χ0v) is 24.6. The predicted molar refractivity (Wildman–Crippen MR) is 167 cm³/mol. The van der Waals surface area contributed by atoms with E-state index in [9.17, 15) is 10.3 Å². The third-order valence-corrected chi connectivity index (χ3v) is 8.03. The van der Waals surface area contributed by atoms with Crippen molar-refractivity contribution in [1.29, 1.82) is 0 Å². The lowest BCUT2D eigenvalue weighted by molar-refractivity contribution is -0.911. The fourth-order valence-electron chi connectivity index (χ4n) is 4.74. The van der Waals surface area contributed by atoms with Crippen molar-refractivity contribution in [2.75, 3.05) is 5.75 Å². The lowest BCUT2D eigenvalue weighted by Gasteiger charge is -2.24. The highest BCUT2D eigenvalue weighted by molar-refractivity contribution is 7.99. The Hall–Kier alpha value is -4.26. The molecule has 5 nitrogen and oxygen atoms in total. The topological polar surface area (TPSA) is 62.8 Å². The Kier molecular flexibility index (Phi) is 9.80. The molecule has 5 aromatic rings. The van der Waals surface area contributed by atoms with Crippen LogP contribution in [0.2, 0.25) is 0 Å². The molecule has 0 spiro atoms. The fourth-order valence-corrected chi connectivity index (χ4v) is 5.48. The van der Waals surface area contributed by atoms with Crippen molar-refractivity contribution >= 4 is 11.8 Å². The zero-order chi connectivity index (χ0) is 29.3. The number of rotatable bonds is 12. The van der Waals surface area contributed by atoms with Gasteiger partial charge in [0, 0.05) is 10.5 Å². The second-order valence-corrected chi connectivity index (χ2v) is 11.9. The van der Waals surface area contributed by atoms with Gasteiger partial charge in [0.25, 0.3) is 11.9 Å². The van der Waals surface area contributed by atoms with E-state index in [0.29, 0.717) is 28.2 Å². The van der Waals surface area contributed by atoms with Crippen molar-refractivity contribution in [1.82, 2.24) is 0 Å². The van der Waals surface area contributed by atoms with Gasteiger partial charge in [-0.1, -0.05) is 135 Å². The molecule has 42 heavy (non-hydrogen) atoms. The minimum atomic E-state index is -0.912. The Bertz CT molecular complexity index is 1450. The summed E-state index contributed by atoms with van der Waals surface area (Å²) in [6.45, 7) is 4.15. The lowest BCUT2D eigenvalue weighted by atomic mass is 10.0. The fraction of sp³-hybridized carbons (Fsp3) is 0.194. The largest absolute Gasteiger partial charge is 0.477 e. The first-order valence-electron chi connectivity index (χ1n) is 14.1. The molecule has 0 aliphatic carbocycles. The summed E-state index contributed by atoms with van der Waals surface area (Å²) in [5.41, 5.74) is 4.17. The summed E-state index contributed by atoms with van der Waals surface area (Å²) in [4.78, 5) is 0. The second-order valence-electron chi connectivity index (χ2n) is 10.3. The van der Waals surface area contributed by atoms with Crippen LogP contribution in [0.1, 0.15) is 60.1 Å². The maximum atomic E-state index is 11.1. The van der Waals surface area contributed by atoms with Gasteiger partial charge in [-0.2, -0.15) is 11.8 Å². The average Bonchev–Trinajstić information content (AvgIpc) is 3.03. The third kappa shape index (κ3) is 7.32. The maximum absolute atomic E-state index is 11.1. The van der Waals surface area contributed by atoms with Crippen LogP contribution in [0, 0.1) is 0 Å². The lowest BCUT2D eigenvalue weighted by Crippen LogP contribution is -2.37. The van der Waals surface area contributed by atoms with Gasteiger partial charge in [0.2, 0.25) is 5.75 Å². The van der Waals surface area contributed by atoms with Crippen LogP contribution in [0.3, 0.4) is 0 Å². The summed E-state index contributed by atoms with van der Waals surface area (Å²) in [6, 6.07) is 41.6. The van der Waals surface area contributed by atoms with Crippen LogP contribution in [0.5, 0.6) is 11.5 Å². The Morgan fingerprint density at radius 2 is 1.00 bits per heavy atom. The number of aromatic nitrogens is 1. The van der Waals surface area contributed by atoms with Crippen molar-refractivity contribution in [3.63, 3.8) is 0 Å². The van der Waals surface area contributed by atoms with Gasteiger partial charge in [0.1, 0.15) is 12.2 Å². The van der Waals surface area contributed by atoms with Gasteiger partial charge in [0.05, 0.1) is 6.07 Å². The van der Waals surface area contributed by atoms with E-state index < -0.39 is 18.3 Å². The van der Waals surface area contributed by atoms with Gasteiger partial charge in [-0.25, -0.2) is 0 Å². The molecule has 0 aliphatic rings. The zero-order valence-electron chi connectivity index (χ0n) is 23.8. The molecule has 6 heteroatoms. The van der Waals surface area contributed by atoms with Gasteiger partial charge < -0.3 is 14.6 Å². The molecule has 4 aromatic carbocycles. The molecule has 2 N–H and O–H groups in total. The number of aliphatic hydroxyl groups is 1. The molecule has 5 rings (SSSR count). The van der Waals surface area contributed by atoms with E-state index >= 15 is 0 Å². The molecule has 0 fully saturated rings. The van der Waals surface area contributed by atoms with E-state index in [2.05, 4.69) is 13.8 Å². The molecule has 214 valence electrons. The Labute approximate surface area is 252 Å². The number of ether oxygens (including phenoxy) is 2. The van der Waals surface area contributed by atoms with E-state index in [1.807, 2.05) is 121 Å². The summed E-state index contributed by atoms with van der Waals surface area (Å²) in [5.74, 6) is 1.19. The molecule has 0 radical (unpaired) electrons. The van der Waals surface area contributed by atoms with Crippen LogP contribution < -0.4 is 14.2 Å². The second kappa shape index (κ2) is 14.1. The monoisotopic (exact) mass is 578 g/mol. The van der Waals surface area contributed by atoms with Crippen molar-refractivity contribution < 1.29 is 24.5 Å². The van der Waals surface area contributed by atoms with Gasteiger partial charge in [-0.3, -0.25) is 5.21 Å².